The predicted octanol–water partition coefficient (Wildman–Crippen LogP) is 1.15. The molecule has 1 aromatic heterocycles. The van der Waals surface area contributed by atoms with Crippen LogP contribution in [-0.4, -0.2) is 35.0 Å². The van der Waals surface area contributed by atoms with E-state index in [2.05, 4.69) is 5.10 Å². The Morgan fingerprint density at radius 1 is 1.33 bits per heavy atom. The van der Waals surface area contributed by atoms with E-state index in [4.69, 9.17) is 10.8 Å². The Hall–Kier alpha value is -2.49. The van der Waals surface area contributed by atoms with Gasteiger partial charge >= 0.3 is 11.7 Å². The number of halogens is 2. The van der Waals surface area contributed by atoms with E-state index in [1.807, 2.05) is 0 Å². The van der Waals surface area contributed by atoms with Crippen LogP contribution >= 0.6 is 0 Å². The van der Waals surface area contributed by atoms with Crippen LogP contribution in [-0.2, 0) is 9.84 Å². The number of hydrogen-bond acceptors (Lipinski definition) is 5. The van der Waals surface area contributed by atoms with E-state index in [0.717, 1.165) is 16.9 Å². The van der Waals surface area contributed by atoms with Crippen molar-refractivity contribution in [2.45, 2.75) is 10.7 Å². The van der Waals surface area contributed by atoms with Gasteiger partial charge in [0.15, 0.2) is 5.69 Å². The topological polar surface area (TPSA) is 115 Å². The maximum absolute atomic E-state index is 12.7. The van der Waals surface area contributed by atoms with Crippen LogP contribution < -0.4 is 5.73 Å². The molecule has 112 valence electrons. The molecule has 21 heavy (non-hydrogen) atoms. The third-order valence-corrected chi connectivity index (χ3v) is 4.03. The van der Waals surface area contributed by atoms with Crippen molar-refractivity contribution < 1.29 is 27.1 Å². The van der Waals surface area contributed by atoms with Crippen LogP contribution in [0.2, 0.25) is 0 Å². The van der Waals surface area contributed by atoms with Crippen molar-refractivity contribution in [3.63, 3.8) is 0 Å². The van der Waals surface area contributed by atoms with Gasteiger partial charge in [-0.2, -0.15) is 13.9 Å². The highest BCUT2D eigenvalue weighted by Gasteiger charge is 2.30. The number of nitrogen functional groups attached to an aromatic ring is 1. The van der Waals surface area contributed by atoms with Gasteiger partial charge < -0.3 is 10.8 Å². The number of benzene rings is 1. The number of para-hydroxylation sites is 1. The zero-order valence-corrected chi connectivity index (χ0v) is 11.1. The molecule has 0 fully saturated rings. The van der Waals surface area contributed by atoms with Crippen LogP contribution in [0.1, 0.15) is 10.5 Å². The van der Waals surface area contributed by atoms with Gasteiger partial charge in [-0.25, -0.2) is 17.9 Å². The fraction of sp³-hybridized carbons (Fsp3) is 0.0909. The molecule has 0 aliphatic carbocycles. The number of carboxylic acids is 1. The first-order valence-corrected chi connectivity index (χ1v) is 6.99. The first-order valence-electron chi connectivity index (χ1n) is 5.45. The van der Waals surface area contributed by atoms with E-state index in [1.54, 1.807) is 0 Å². The first-order chi connectivity index (χ1) is 9.75. The lowest BCUT2D eigenvalue weighted by Crippen LogP contribution is -2.14. The number of rotatable bonds is 4. The van der Waals surface area contributed by atoms with Gasteiger partial charge in [0.05, 0.1) is 22.5 Å². The Morgan fingerprint density at radius 2 is 1.95 bits per heavy atom. The molecule has 0 unspecified atom stereocenters. The molecule has 0 aliphatic heterocycles. The molecule has 0 atom stereocenters. The van der Waals surface area contributed by atoms with Crippen LogP contribution in [0, 0.1) is 0 Å². The van der Waals surface area contributed by atoms with Gasteiger partial charge in [0, 0.05) is 0 Å². The van der Waals surface area contributed by atoms with Gasteiger partial charge in [-0.15, -0.1) is 0 Å². The number of hydrogen-bond donors (Lipinski definition) is 2. The summed E-state index contributed by atoms with van der Waals surface area (Å²) in [5.74, 6) is -5.02. The fourth-order valence-electron chi connectivity index (χ4n) is 1.66. The van der Waals surface area contributed by atoms with Crippen molar-refractivity contribution in [2.24, 2.45) is 0 Å². The summed E-state index contributed by atoms with van der Waals surface area (Å²) in [4.78, 5) is 10.2. The molecule has 7 nitrogen and oxygen atoms in total. The second-order valence-electron chi connectivity index (χ2n) is 3.96. The molecule has 2 aromatic rings. The van der Waals surface area contributed by atoms with Gasteiger partial charge in [0.2, 0.25) is 9.84 Å². The SMILES string of the molecule is Nc1cn(-c2ccccc2S(=O)(=O)C(F)F)nc1C(=O)O. The lowest BCUT2D eigenvalue weighted by Gasteiger charge is -2.09. The number of aromatic nitrogens is 2. The average Bonchev–Trinajstić information content (AvgIpc) is 2.80. The third kappa shape index (κ3) is 2.57. The van der Waals surface area contributed by atoms with E-state index < -0.39 is 32.2 Å². The minimum absolute atomic E-state index is 0.211. The van der Waals surface area contributed by atoms with E-state index in [1.165, 1.54) is 18.2 Å². The molecule has 0 saturated heterocycles. The minimum Gasteiger partial charge on any atom is -0.476 e. The highest BCUT2D eigenvalue weighted by Crippen LogP contribution is 2.26. The van der Waals surface area contributed by atoms with E-state index in [0.29, 0.717) is 0 Å². The van der Waals surface area contributed by atoms with Gasteiger partial charge in [-0.1, -0.05) is 12.1 Å². The molecule has 0 bridgehead atoms. The van der Waals surface area contributed by atoms with Crippen molar-refractivity contribution in [3.8, 4) is 5.69 Å². The summed E-state index contributed by atoms with van der Waals surface area (Å²) < 4.78 is 49.4. The van der Waals surface area contributed by atoms with Crippen molar-refractivity contribution in [1.82, 2.24) is 9.78 Å². The van der Waals surface area contributed by atoms with Crippen molar-refractivity contribution in [3.05, 3.63) is 36.2 Å². The molecule has 0 aliphatic rings. The van der Waals surface area contributed by atoms with E-state index in [9.17, 15) is 22.0 Å². The Balaban J connectivity index is 2.67. The fourth-order valence-corrected chi connectivity index (χ4v) is 2.57. The summed E-state index contributed by atoms with van der Waals surface area (Å²) in [6.45, 7) is 0. The number of alkyl halides is 2. The summed E-state index contributed by atoms with van der Waals surface area (Å²) in [6.07, 6.45) is 1.04. The van der Waals surface area contributed by atoms with Crippen molar-refractivity contribution >= 4 is 21.5 Å². The predicted molar refractivity (Wildman–Crippen MR) is 68.1 cm³/mol. The summed E-state index contributed by atoms with van der Waals surface area (Å²) in [5.41, 5.74) is 4.51. The third-order valence-electron chi connectivity index (χ3n) is 2.60. The zero-order valence-electron chi connectivity index (χ0n) is 10.3. The molecule has 2 rings (SSSR count). The zero-order chi connectivity index (χ0) is 15.8. The average molecular weight is 317 g/mol. The van der Waals surface area contributed by atoms with Gasteiger partial charge in [-0.05, 0) is 12.1 Å². The Bertz CT molecular complexity index is 802. The maximum atomic E-state index is 12.7. The minimum atomic E-state index is -4.86. The Labute approximate surface area is 117 Å². The number of aromatic carboxylic acids is 1. The van der Waals surface area contributed by atoms with Gasteiger partial charge in [0.25, 0.3) is 0 Å². The number of sulfone groups is 1. The van der Waals surface area contributed by atoms with E-state index in [-0.39, 0.29) is 11.4 Å². The summed E-state index contributed by atoms with van der Waals surface area (Å²) in [6, 6.07) is 4.87. The van der Waals surface area contributed by atoms with Gasteiger partial charge in [0.1, 0.15) is 0 Å². The molecule has 0 amide bonds. The largest absolute Gasteiger partial charge is 0.476 e. The highest BCUT2D eigenvalue weighted by molar-refractivity contribution is 7.91. The summed E-state index contributed by atoms with van der Waals surface area (Å²) >= 11 is 0. The molecular formula is C11H9F2N3O4S. The molecule has 1 heterocycles. The number of nitrogens with zero attached hydrogens (tertiary/aromatic N) is 2. The highest BCUT2D eigenvalue weighted by atomic mass is 32.2. The smallest absolute Gasteiger partial charge is 0.358 e. The van der Waals surface area contributed by atoms with Crippen LogP contribution in [0.4, 0.5) is 14.5 Å². The molecule has 0 radical (unpaired) electrons. The standard InChI is InChI=1S/C11H9F2N3O4S/c12-11(13)21(19,20)8-4-2-1-3-7(8)16-5-6(14)9(15-16)10(17)18/h1-5,11H,14H2,(H,17,18). The number of carboxylic acid groups (broad SMARTS) is 1. The second-order valence-corrected chi connectivity index (χ2v) is 5.84. The number of anilines is 1. The Morgan fingerprint density at radius 3 is 2.48 bits per heavy atom. The molecule has 0 saturated carbocycles. The lowest BCUT2D eigenvalue weighted by molar-refractivity contribution is 0.0691. The molecule has 3 N–H and O–H groups in total. The van der Waals surface area contributed by atoms with Crippen LogP contribution in [0.3, 0.4) is 0 Å². The molecule has 10 heteroatoms. The lowest BCUT2D eigenvalue weighted by atomic mass is 10.3. The van der Waals surface area contributed by atoms with Crippen LogP contribution in [0.15, 0.2) is 35.4 Å². The van der Waals surface area contributed by atoms with Crippen LogP contribution in [0.25, 0.3) is 5.69 Å². The monoisotopic (exact) mass is 317 g/mol. The quantitative estimate of drug-likeness (QED) is 0.874. The van der Waals surface area contributed by atoms with Gasteiger partial charge in [-0.3, -0.25) is 0 Å². The molecule has 1 aromatic carbocycles. The van der Waals surface area contributed by atoms with Crippen molar-refractivity contribution in [1.29, 1.82) is 0 Å². The summed E-state index contributed by atoms with van der Waals surface area (Å²) in [5, 5.41) is 12.4. The molecular weight excluding hydrogens is 308 g/mol. The summed E-state index contributed by atoms with van der Waals surface area (Å²) in [7, 11) is -4.86. The normalized spacial score (nSPS) is 11.8. The van der Waals surface area contributed by atoms with Crippen molar-refractivity contribution in [2.75, 3.05) is 5.73 Å². The van der Waals surface area contributed by atoms with E-state index >= 15 is 0 Å². The number of nitrogens with two attached hydrogens (primary N) is 1. The second kappa shape index (κ2) is 5.13. The maximum Gasteiger partial charge on any atom is 0.358 e. The number of carbonyl (C=O) groups is 1. The first kappa shape index (κ1) is 14.9. The Kier molecular flexibility index (Phi) is 3.64. The molecule has 0 spiro atoms. The van der Waals surface area contributed by atoms with Crippen LogP contribution in [0.5, 0.6) is 0 Å².